The standard InChI is InChI=1S/C25H24FN3O2/c26-19-7-9-20(10-8-19)31-21-12-15-28(16-13-21)24-22(5-3-14-27-24)25(30)29-17-11-18-4-1-2-6-23(18)29/h1-10,14,21H,11-13,15-17H2. The third-order valence-electron chi connectivity index (χ3n) is 6.01. The average molecular weight is 417 g/mol. The second-order valence-corrected chi connectivity index (χ2v) is 7.97. The number of carbonyl (C=O) groups excluding carboxylic acids is 1. The smallest absolute Gasteiger partial charge is 0.262 e. The topological polar surface area (TPSA) is 45.7 Å². The van der Waals surface area contributed by atoms with E-state index >= 15 is 0 Å². The van der Waals surface area contributed by atoms with Gasteiger partial charge in [-0.15, -0.1) is 0 Å². The summed E-state index contributed by atoms with van der Waals surface area (Å²) in [6.45, 7) is 2.19. The number of piperidine rings is 1. The van der Waals surface area contributed by atoms with Crippen LogP contribution in [0, 0.1) is 5.82 Å². The Labute approximate surface area is 181 Å². The van der Waals surface area contributed by atoms with E-state index < -0.39 is 0 Å². The van der Waals surface area contributed by atoms with Gasteiger partial charge >= 0.3 is 0 Å². The lowest BCUT2D eigenvalue weighted by molar-refractivity contribution is 0.0989. The summed E-state index contributed by atoms with van der Waals surface area (Å²) in [5.41, 5.74) is 2.84. The normalized spacial score (nSPS) is 16.3. The zero-order chi connectivity index (χ0) is 21.2. The molecule has 5 nitrogen and oxygen atoms in total. The number of rotatable bonds is 4. The number of pyridine rings is 1. The van der Waals surface area contributed by atoms with E-state index in [1.807, 2.05) is 35.2 Å². The van der Waals surface area contributed by atoms with Gasteiger partial charge in [0.1, 0.15) is 23.5 Å². The zero-order valence-corrected chi connectivity index (χ0v) is 17.2. The van der Waals surface area contributed by atoms with Gasteiger partial charge in [0.2, 0.25) is 0 Å². The van der Waals surface area contributed by atoms with Crippen LogP contribution >= 0.6 is 0 Å². The quantitative estimate of drug-likeness (QED) is 0.628. The van der Waals surface area contributed by atoms with Gasteiger partial charge in [0, 0.05) is 44.4 Å². The summed E-state index contributed by atoms with van der Waals surface area (Å²) >= 11 is 0. The molecule has 0 bridgehead atoms. The fourth-order valence-electron chi connectivity index (χ4n) is 4.40. The van der Waals surface area contributed by atoms with Crippen LogP contribution in [0.2, 0.25) is 0 Å². The minimum atomic E-state index is -0.268. The summed E-state index contributed by atoms with van der Waals surface area (Å²) in [6.07, 6.45) is 4.31. The number of nitrogens with zero attached hydrogens (tertiary/aromatic N) is 3. The zero-order valence-electron chi connectivity index (χ0n) is 17.2. The first-order valence-corrected chi connectivity index (χ1v) is 10.7. The molecule has 0 N–H and O–H groups in total. The number of para-hydroxylation sites is 1. The molecule has 5 rings (SSSR count). The number of benzene rings is 2. The SMILES string of the molecule is O=C(c1cccnc1N1CCC(Oc2ccc(F)cc2)CC1)N1CCc2ccccc21. The molecule has 1 amide bonds. The van der Waals surface area contributed by atoms with Crippen molar-refractivity contribution in [2.75, 3.05) is 29.4 Å². The highest BCUT2D eigenvalue weighted by Crippen LogP contribution is 2.31. The molecule has 2 aromatic carbocycles. The Morgan fingerprint density at radius 3 is 2.55 bits per heavy atom. The Morgan fingerprint density at radius 2 is 1.74 bits per heavy atom. The maximum atomic E-state index is 13.4. The molecule has 0 aliphatic carbocycles. The summed E-state index contributed by atoms with van der Waals surface area (Å²) in [5.74, 6) is 1.14. The molecule has 3 heterocycles. The van der Waals surface area contributed by atoms with Gasteiger partial charge in [0.25, 0.3) is 5.91 Å². The van der Waals surface area contributed by atoms with E-state index in [-0.39, 0.29) is 17.8 Å². The van der Waals surface area contributed by atoms with Crippen molar-refractivity contribution in [3.05, 3.63) is 83.8 Å². The molecule has 0 saturated carbocycles. The maximum absolute atomic E-state index is 13.4. The van der Waals surface area contributed by atoms with E-state index in [1.165, 1.54) is 17.7 Å². The highest BCUT2D eigenvalue weighted by Gasteiger charge is 2.30. The fourth-order valence-corrected chi connectivity index (χ4v) is 4.40. The number of carbonyl (C=O) groups is 1. The summed E-state index contributed by atoms with van der Waals surface area (Å²) in [6, 6.07) is 17.9. The number of hydrogen-bond acceptors (Lipinski definition) is 4. The molecule has 1 saturated heterocycles. The summed E-state index contributed by atoms with van der Waals surface area (Å²) in [7, 11) is 0. The lowest BCUT2D eigenvalue weighted by Crippen LogP contribution is -2.40. The number of anilines is 2. The number of aromatic nitrogens is 1. The van der Waals surface area contributed by atoms with E-state index in [4.69, 9.17) is 4.74 Å². The summed E-state index contributed by atoms with van der Waals surface area (Å²) in [5, 5.41) is 0. The third kappa shape index (κ3) is 3.98. The van der Waals surface area contributed by atoms with Crippen molar-refractivity contribution < 1.29 is 13.9 Å². The second-order valence-electron chi connectivity index (χ2n) is 7.97. The maximum Gasteiger partial charge on any atom is 0.262 e. The molecule has 3 aromatic rings. The first-order valence-electron chi connectivity index (χ1n) is 10.7. The average Bonchev–Trinajstić information content (AvgIpc) is 3.25. The van der Waals surface area contributed by atoms with Gasteiger partial charge in [0.05, 0.1) is 5.56 Å². The number of amides is 1. The van der Waals surface area contributed by atoms with Gasteiger partial charge in [0.15, 0.2) is 0 Å². The van der Waals surface area contributed by atoms with Crippen molar-refractivity contribution in [1.82, 2.24) is 4.98 Å². The van der Waals surface area contributed by atoms with Gasteiger partial charge < -0.3 is 14.5 Å². The Morgan fingerprint density at radius 1 is 0.968 bits per heavy atom. The van der Waals surface area contributed by atoms with Crippen molar-refractivity contribution in [2.45, 2.75) is 25.4 Å². The van der Waals surface area contributed by atoms with Gasteiger partial charge in [-0.25, -0.2) is 9.37 Å². The molecule has 2 aliphatic rings. The second kappa shape index (κ2) is 8.38. The van der Waals surface area contributed by atoms with Crippen LogP contribution in [-0.2, 0) is 6.42 Å². The first kappa shape index (κ1) is 19.5. The molecule has 6 heteroatoms. The minimum Gasteiger partial charge on any atom is -0.490 e. The molecule has 0 spiro atoms. The van der Waals surface area contributed by atoms with E-state index in [0.29, 0.717) is 17.9 Å². The lowest BCUT2D eigenvalue weighted by Gasteiger charge is -2.34. The van der Waals surface area contributed by atoms with Gasteiger partial charge in [-0.3, -0.25) is 4.79 Å². The van der Waals surface area contributed by atoms with E-state index in [0.717, 1.165) is 43.9 Å². The number of halogens is 1. The van der Waals surface area contributed by atoms with Crippen LogP contribution < -0.4 is 14.5 Å². The van der Waals surface area contributed by atoms with Crippen LogP contribution in [0.5, 0.6) is 5.75 Å². The monoisotopic (exact) mass is 417 g/mol. The molecule has 1 fully saturated rings. The van der Waals surface area contributed by atoms with Crippen molar-refractivity contribution in [3.8, 4) is 5.75 Å². The Bertz CT molecular complexity index is 1080. The van der Waals surface area contributed by atoms with Crippen LogP contribution in [0.3, 0.4) is 0 Å². The van der Waals surface area contributed by atoms with E-state index in [9.17, 15) is 9.18 Å². The molecule has 1 aromatic heterocycles. The largest absolute Gasteiger partial charge is 0.490 e. The van der Waals surface area contributed by atoms with Crippen molar-refractivity contribution in [1.29, 1.82) is 0 Å². The van der Waals surface area contributed by atoms with Gasteiger partial charge in [-0.05, 0) is 54.4 Å². The highest BCUT2D eigenvalue weighted by atomic mass is 19.1. The van der Waals surface area contributed by atoms with Crippen molar-refractivity contribution in [2.24, 2.45) is 0 Å². The van der Waals surface area contributed by atoms with Crippen LogP contribution in [0.4, 0.5) is 15.9 Å². The van der Waals surface area contributed by atoms with Gasteiger partial charge in [-0.2, -0.15) is 0 Å². The molecule has 0 atom stereocenters. The third-order valence-corrected chi connectivity index (χ3v) is 6.01. The molecule has 2 aliphatic heterocycles. The van der Waals surface area contributed by atoms with Crippen molar-refractivity contribution in [3.63, 3.8) is 0 Å². The number of hydrogen-bond donors (Lipinski definition) is 0. The Hall–Kier alpha value is -3.41. The summed E-state index contributed by atoms with van der Waals surface area (Å²) in [4.78, 5) is 22.0. The van der Waals surface area contributed by atoms with E-state index in [2.05, 4.69) is 16.0 Å². The fraction of sp³-hybridized carbons (Fsp3) is 0.280. The molecule has 31 heavy (non-hydrogen) atoms. The Balaban J connectivity index is 1.29. The van der Waals surface area contributed by atoms with Crippen molar-refractivity contribution >= 4 is 17.4 Å². The highest BCUT2D eigenvalue weighted by molar-refractivity contribution is 6.10. The lowest BCUT2D eigenvalue weighted by atomic mass is 10.1. The number of fused-ring (bicyclic) bond motifs is 1. The molecule has 158 valence electrons. The predicted octanol–water partition coefficient (Wildman–Crippen LogP) is 4.47. The minimum absolute atomic E-state index is 0.00210. The van der Waals surface area contributed by atoms with Crippen LogP contribution in [0.15, 0.2) is 66.9 Å². The van der Waals surface area contributed by atoms with Crippen LogP contribution in [0.1, 0.15) is 28.8 Å². The van der Waals surface area contributed by atoms with Crippen LogP contribution in [0.25, 0.3) is 0 Å². The Kier molecular flexibility index (Phi) is 5.28. The molecular weight excluding hydrogens is 393 g/mol. The first-order chi connectivity index (χ1) is 15.2. The predicted molar refractivity (Wildman–Crippen MR) is 118 cm³/mol. The molecule has 0 unspecified atom stereocenters. The van der Waals surface area contributed by atoms with Gasteiger partial charge in [-0.1, -0.05) is 18.2 Å². The summed E-state index contributed by atoms with van der Waals surface area (Å²) < 4.78 is 19.1. The van der Waals surface area contributed by atoms with E-state index in [1.54, 1.807) is 18.3 Å². The number of ether oxygens (including phenoxy) is 1. The molecular formula is C25H24FN3O2. The molecule has 0 radical (unpaired) electrons. The van der Waals surface area contributed by atoms with Crippen LogP contribution in [-0.4, -0.2) is 36.6 Å².